The summed E-state index contributed by atoms with van der Waals surface area (Å²) in [7, 11) is 0. The number of thiophene rings is 1. The lowest BCUT2D eigenvalue weighted by molar-refractivity contribution is -0.119. The summed E-state index contributed by atoms with van der Waals surface area (Å²) in [5, 5.41) is 11.2. The first-order valence-corrected chi connectivity index (χ1v) is 11.0. The number of carbonyl (C=O) groups is 2. The molecule has 3 aromatic rings. The summed E-state index contributed by atoms with van der Waals surface area (Å²) in [6, 6.07) is 11.7. The number of hydrogen-bond donors (Lipinski definition) is 1. The van der Waals surface area contributed by atoms with Crippen LogP contribution < -0.4 is 5.32 Å². The second kappa shape index (κ2) is 8.92. The SMILES string of the molecule is CC(=O)NCc1ccc(C(=O)CSc2nnc(-c3ccc(C(C)(C)C)cc3)o2)s1. The van der Waals surface area contributed by atoms with E-state index in [1.54, 1.807) is 6.07 Å². The van der Waals surface area contributed by atoms with Gasteiger partial charge in [0.1, 0.15) is 0 Å². The molecular formula is C21H23N3O3S2. The highest BCUT2D eigenvalue weighted by Gasteiger charge is 2.16. The number of nitrogens with zero attached hydrogens (tertiary/aromatic N) is 2. The lowest BCUT2D eigenvalue weighted by Gasteiger charge is -2.18. The van der Waals surface area contributed by atoms with E-state index in [0.29, 0.717) is 22.5 Å². The van der Waals surface area contributed by atoms with E-state index in [1.807, 2.05) is 18.2 Å². The molecule has 6 nitrogen and oxygen atoms in total. The van der Waals surface area contributed by atoms with E-state index >= 15 is 0 Å². The third-order valence-corrected chi connectivity index (χ3v) is 6.12. The summed E-state index contributed by atoms with van der Waals surface area (Å²) in [6.07, 6.45) is 0. The first kappa shape index (κ1) is 21.3. The molecule has 1 N–H and O–H groups in total. The lowest BCUT2D eigenvalue weighted by atomic mass is 9.87. The van der Waals surface area contributed by atoms with E-state index in [-0.39, 0.29) is 22.9 Å². The molecule has 3 rings (SSSR count). The number of aromatic nitrogens is 2. The highest BCUT2D eigenvalue weighted by molar-refractivity contribution is 7.99. The van der Waals surface area contributed by atoms with Crippen molar-refractivity contribution in [1.82, 2.24) is 15.5 Å². The van der Waals surface area contributed by atoms with E-state index < -0.39 is 0 Å². The maximum atomic E-state index is 12.4. The predicted molar refractivity (Wildman–Crippen MR) is 115 cm³/mol. The normalized spacial score (nSPS) is 11.4. The van der Waals surface area contributed by atoms with Crippen molar-refractivity contribution in [3.05, 3.63) is 51.7 Å². The summed E-state index contributed by atoms with van der Waals surface area (Å²) in [5.74, 6) is 0.546. The predicted octanol–water partition coefficient (Wildman–Crippen LogP) is 4.71. The zero-order chi connectivity index (χ0) is 21.0. The highest BCUT2D eigenvalue weighted by atomic mass is 32.2. The monoisotopic (exact) mass is 429 g/mol. The average Bonchev–Trinajstić information content (AvgIpc) is 3.33. The molecule has 0 radical (unpaired) electrons. The van der Waals surface area contributed by atoms with Crippen molar-refractivity contribution < 1.29 is 14.0 Å². The standard InChI is InChI=1S/C21H23N3O3S2/c1-13(25)22-11-16-9-10-18(29-16)17(26)12-28-20-24-23-19(27-20)14-5-7-15(8-6-14)21(2,3)4/h5-10H,11-12H2,1-4H3,(H,22,25). The minimum Gasteiger partial charge on any atom is -0.411 e. The van der Waals surface area contributed by atoms with Crippen LogP contribution in [0.25, 0.3) is 11.5 Å². The molecule has 0 aliphatic heterocycles. The van der Waals surface area contributed by atoms with Gasteiger partial charge in [0.25, 0.3) is 5.22 Å². The van der Waals surface area contributed by atoms with Gasteiger partial charge >= 0.3 is 0 Å². The molecule has 0 spiro atoms. The number of carbonyl (C=O) groups excluding carboxylic acids is 2. The van der Waals surface area contributed by atoms with Crippen LogP contribution >= 0.6 is 23.1 Å². The van der Waals surface area contributed by atoms with Crippen LogP contribution in [0, 0.1) is 0 Å². The molecule has 0 unspecified atom stereocenters. The summed E-state index contributed by atoms with van der Waals surface area (Å²) in [4.78, 5) is 25.0. The van der Waals surface area contributed by atoms with Crippen molar-refractivity contribution in [2.45, 2.75) is 44.9 Å². The van der Waals surface area contributed by atoms with E-state index in [1.165, 1.54) is 35.6 Å². The molecule has 0 bridgehead atoms. The van der Waals surface area contributed by atoms with Crippen molar-refractivity contribution in [2.24, 2.45) is 0 Å². The van der Waals surface area contributed by atoms with Gasteiger partial charge in [0.2, 0.25) is 11.8 Å². The molecule has 0 saturated carbocycles. The van der Waals surface area contributed by atoms with Crippen LogP contribution in [0.5, 0.6) is 0 Å². The Kier molecular flexibility index (Phi) is 6.54. The van der Waals surface area contributed by atoms with Gasteiger partial charge in [-0.1, -0.05) is 44.7 Å². The molecule has 2 aromatic heterocycles. The first-order chi connectivity index (χ1) is 13.7. The van der Waals surface area contributed by atoms with E-state index in [0.717, 1.165) is 10.4 Å². The van der Waals surface area contributed by atoms with Crippen LogP contribution in [0.15, 0.2) is 46.0 Å². The fourth-order valence-corrected chi connectivity index (χ4v) is 4.15. The molecule has 0 fully saturated rings. The molecule has 8 heteroatoms. The number of rotatable bonds is 7. The van der Waals surface area contributed by atoms with Crippen LogP contribution in [0.4, 0.5) is 0 Å². The van der Waals surface area contributed by atoms with Gasteiger partial charge in [0, 0.05) is 17.4 Å². The highest BCUT2D eigenvalue weighted by Crippen LogP contribution is 2.28. The quantitative estimate of drug-likeness (QED) is 0.433. The first-order valence-electron chi connectivity index (χ1n) is 9.16. The zero-order valence-corrected chi connectivity index (χ0v) is 18.4. The molecule has 29 heavy (non-hydrogen) atoms. The Bertz CT molecular complexity index is 1000. The topological polar surface area (TPSA) is 85.1 Å². The van der Waals surface area contributed by atoms with E-state index in [9.17, 15) is 9.59 Å². The third kappa shape index (κ3) is 5.77. The second-order valence-electron chi connectivity index (χ2n) is 7.59. The molecule has 0 saturated heterocycles. The Balaban J connectivity index is 1.58. The number of hydrogen-bond acceptors (Lipinski definition) is 7. The average molecular weight is 430 g/mol. The Labute approximate surface area is 178 Å². The smallest absolute Gasteiger partial charge is 0.277 e. The lowest BCUT2D eigenvalue weighted by Crippen LogP contribution is -2.18. The van der Waals surface area contributed by atoms with Crippen molar-refractivity contribution >= 4 is 34.8 Å². The maximum Gasteiger partial charge on any atom is 0.277 e. The molecule has 0 aliphatic rings. The zero-order valence-electron chi connectivity index (χ0n) is 16.8. The minimum absolute atomic E-state index is 0.0108. The molecule has 0 atom stereocenters. The number of amides is 1. The van der Waals surface area contributed by atoms with Gasteiger partial charge in [-0.15, -0.1) is 21.5 Å². The Hall–Kier alpha value is -2.45. The van der Waals surface area contributed by atoms with Crippen LogP contribution in [-0.4, -0.2) is 27.6 Å². The number of ketones is 1. The van der Waals surface area contributed by atoms with Gasteiger partial charge in [-0.2, -0.15) is 0 Å². The number of thioether (sulfide) groups is 1. The minimum atomic E-state index is -0.0953. The van der Waals surface area contributed by atoms with Gasteiger partial charge in [-0.05, 0) is 35.2 Å². The van der Waals surface area contributed by atoms with Crippen LogP contribution in [0.1, 0.15) is 47.8 Å². The number of Topliss-reactive ketones (excluding diaryl/α,β-unsaturated/α-hetero) is 1. The van der Waals surface area contributed by atoms with Gasteiger partial charge < -0.3 is 9.73 Å². The maximum absolute atomic E-state index is 12.4. The molecular weight excluding hydrogens is 406 g/mol. The molecule has 152 valence electrons. The largest absolute Gasteiger partial charge is 0.411 e. The molecule has 1 aromatic carbocycles. The molecule has 0 aliphatic carbocycles. The number of benzene rings is 1. The molecule has 2 heterocycles. The summed E-state index contributed by atoms with van der Waals surface area (Å²) >= 11 is 2.60. The summed E-state index contributed by atoms with van der Waals surface area (Å²) < 4.78 is 5.70. The van der Waals surface area contributed by atoms with Gasteiger partial charge in [0.15, 0.2) is 5.78 Å². The van der Waals surface area contributed by atoms with Crippen LogP contribution in [0.3, 0.4) is 0 Å². The van der Waals surface area contributed by atoms with E-state index in [2.05, 4.69) is 48.4 Å². The van der Waals surface area contributed by atoms with Crippen molar-refractivity contribution in [3.63, 3.8) is 0 Å². The van der Waals surface area contributed by atoms with Gasteiger partial charge in [-0.3, -0.25) is 9.59 Å². The van der Waals surface area contributed by atoms with Crippen molar-refractivity contribution in [3.8, 4) is 11.5 Å². The number of nitrogens with one attached hydrogen (secondary N) is 1. The summed E-state index contributed by atoms with van der Waals surface area (Å²) in [5.41, 5.74) is 2.16. The summed E-state index contributed by atoms with van der Waals surface area (Å²) in [6.45, 7) is 8.39. The third-order valence-electron chi connectivity index (χ3n) is 4.18. The van der Waals surface area contributed by atoms with Gasteiger partial charge in [-0.25, -0.2) is 0 Å². The second-order valence-corrected chi connectivity index (χ2v) is 9.68. The van der Waals surface area contributed by atoms with Crippen LogP contribution in [-0.2, 0) is 16.8 Å². The van der Waals surface area contributed by atoms with Crippen LogP contribution in [0.2, 0.25) is 0 Å². The van der Waals surface area contributed by atoms with Crippen molar-refractivity contribution in [2.75, 3.05) is 5.75 Å². The Morgan fingerprint density at radius 1 is 1.10 bits per heavy atom. The van der Waals surface area contributed by atoms with E-state index in [4.69, 9.17) is 4.42 Å². The molecule has 1 amide bonds. The Morgan fingerprint density at radius 2 is 1.83 bits per heavy atom. The fraction of sp³-hybridized carbons (Fsp3) is 0.333. The fourth-order valence-electron chi connectivity index (χ4n) is 2.53. The van der Waals surface area contributed by atoms with Gasteiger partial charge in [0.05, 0.1) is 17.2 Å². The Morgan fingerprint density at radius 3 is 2.48 bits per heavy atom. The van der Waals surface area contributed by atoms with Crippen molar-refractivity contribution in [1.29, 1.82) is 0 Å².